The molecule has 0 aliphatic carbocycles. The highest BCUT2D eigenvalue weighted by molar-refractivity contribution is 7.08. The van der Waals surface area contributed by atoms with E-state index < -0.39 is 0 Å². The van der Waals surface area contributed by atoms with Crippen molar-refractivity contribution in [2.75, 3.05) is 18.0 Å². The third kappa shape index (κ3) is 3.14. The average Bonchev–Trinajstić information content (AvgIpc) is 3.25. The first-order chi connectivity index (χ1) is 12.1. The van der Waals surface area contributed by atoms with Gasteiger partial charge in [0.15, 0.2) is 0 Å². The number of anilines is 1. The van der Waals surface area contributed by atoms with Gasteiger partial charge in [-0.25, -0.2) is 4.98 Å². The molecule has 0 saturated carbocycles. The van der Waals surface area contributed by atoms with E-state index in [2.05, 4.69) is 32.0 Å². The van der Waals surface area contributed by atoms with Crippen molar-refractivity contribution in [3.8, 4) is 0 Å². The van der Waals surface area contributed by atoms with Crippen LogP contribution in [0.4, 0.5) is 5.69 Å². The summed E-state index contributed by atoms with van der Waals surface area (Å²) >= 11 is 1.73. The molecule has 0 atom stereocenters. The first kappa shape index (κ1) is 16.1. The Morgan fingerprint density at radius 1 is 1.28 bits per heavy atom. The quantitative estimate of drug-likeness (QED) is 0.784. The molecule has 3 aromatic heterocycles. The topological polar surface area (TPSA) is 49.6 Å². The van der Waals surface area contributed by atoms with Gasteiger partial charge in [0.25, 0.3) is 5.91 Å². The molecular weight excluding hydrogens is 332 g/mol. The minimum Gasteiger partial charge on any atom is -0.371 e. The van der Waals surface area contributed by atoms with E-state index in [0.717, 1.165) is 43.0 Å². The molecule has 3 aromatic rings. The number of carbonyl (C=O) groups excluding carboxylic acids is 1. The molecule has 5 nitrogen and oxygen atoms in total. The van der Waals surface area contributed by atoms with E-state index in [1.807, 2.05) is 36.6 Å². The first-order valence-corrected chi connectivity index (χ1v) is 9.59. The number of fused-ring (bicyclic) bond motifs is 1. The van der Waals surface area contributed by atoms with Crippen LogP contribution >= 0.6 is 11.3 Å². The van der Waals surface area contributed by atoms with Crippen LogP contribution in [0, 0.1) is 13.8 Å². The zero-order valence-corrected chi connectivity index (χ0v) is 15.3. The third-order valence-electron chi connectivity index (χ3n) is 4.89. The van der Waals surface area contributed by atoms with Crippen LogP contribution in [0.3, 0.4) is 0 Å². The maximum Gasteiger partial charge on any atom is 0.255 e. The van der Waals surface area contributed by atoms with Gasteiger partial charge in [0.2, 0.25) is 0 Å². The van der Waals surface area contributed by atoms with Gasteiger partial charge in [-0.15, -0.1) is 0 Å². The third-order valence-corrected chi connectivity index (χ3v) is 5.56. The number of rotatable bonds is 3. The zero-order valence-electron chi connectivity index (χ0n) is 14.5. The molecule has 1 aliphatic heterocycles. The smallest absolute Gasteiger partial charge is 0.255 e. The van der Waals surface area contributed by atoms with Crippen molar-refractivity contribution in [1.82, 2.24) is 14.7 Å². The number of hydrogen-bond acceptors (Lipinski definition) is 4. The lowest BCUT2D eigenvalue weighted by Crippen LogP contribution is -2.44. The Balaban J connectivity index is 1.45. The summed E-state index contributed by atoms with van der Waals surface area (Å²) in [5.74, 6) is -0.0195. The van der Waals surface area contributed by atoms with Gasteiger partial charge in [0, 0.05) is 47.8 Å². The highest BCUT2D eigenvalue weighted by Crippen LogP contribution is 2.23. The van der Waals surface area contributed by atoms with E-state index in [9.17, 15) is 4.79 Å². The van der Waals surface area contributed by atoms with Crippen molar-refractivity contribution in [1.29, 1.82) is 0 Å². The number of aryl methyl sites for hydroxylation is 2. The summed E-state index contributed by atoms with van der Waals surface area (Å²) in [6.45, 7) is 5.95. The summed E-state index contributed by atoms with van der Waals surface area (Å²) in [6, 6.07) is 6.27. The number of amides is 1. The molecule has 1 amide bonds. The SMILES string of the molecule is Cc1cc(C)n2ccc(C(=O)NC3CCN(c4ccsc4)CC3)c2n1. The molecular formula is C19H22N4OS. The van der Waals surface area contributed by atoms with E-state index in [1.165, 1.54) is 5.69 Å². The fourth-order valence-corrected chi connectivity index (χ4v) is 4.22. The minimum atomic E-state index is -0.0195. The van der Waals surface area contributed by atoms with Gasteiger partial charge >= 0.3 is 0 Å². The van der Waals surface area contributed by atoms with Crippen molar-refractivity contribution < 1.29 is 4.79 Å². The molecule has 1 N–H and O–H groups in total. The van der Waals surface area contributed by atoms with Crippen LogP contribution in [0.5, 0.6) is 0 Å². The van der Waals surface area contributed by atoms with Crippen molar-refractivity contribution >= 4 is 28.6 Å². The van der Waals surface area contributed by atoms with Crippen LogP contribution in [0.2, 0.25) is 0 Å². The standard InChI is InChI=1S/C19H22N4OS/c1-13-11-14(2)23-9-5-17(18(23)20-13)19(24)21-15-3-7-22(8-4-15)16-6-10-25-12-16/h5-6,9-12,15H,3-4,7-8H2,1-2H3,(H,21,24). The first-order valence-electron chi connectivity index (χ1n) is 8.65. The van der Waals surface area contributed by atoms with Crippen LogP contribution in [0.1, 0.15) is 34.6 Å². The number of thiophene rings is 1. The Bertz CT molecular complexity index is 892. The molecule has 1 aliphatic rings. The van der Waals surface area contributed by atoms with Gasteiger partial charge in [-0.3, -0.25) is 4.79 Å². The summed E-state index contributed by atoms with van der Waals surface area (Å²) in [5.41, 5.74) is 4.72. The van der Waals surface area contributed by atoms with E-state index in [0.29, 0.717) is 5.56 Å². The molecule has 1 saturated heterocycles. The summed E-state index contributed by atoms with van der Waals surface area (Å²) in [5, 5.41) is 7.49. The van der Waals surface area contributed by atoms with E-state index in [1.54, 1.807) is 11.3 Å². The van der Waals surface area contributed by atoms with Gasteiger partial charge in [-0.05, 0) is 50.3 Å². The Hall–Kier alpha value is -2.34. The Kier molecular flexibility index (Phi) is 4.21. The molecule has 0 unspecified atom stereocenters. The molecule has 130 valence electrons. The number of nitrogens with zero attached hydrogens (tertiary/aromatic N) is 3. The molecule has 4 heterocycles. The Labute approximate surface area is 151 Å². The molecule has 4 rings (SSSR count). The second kappa shape index (κ2) is 6.52. The lowest BCUT2D eigenvalue weighted by atomic mass is 10.0. The number of hydrogen-bond donors (Lipinski definition) is 1. The van der Waals surface area contributed by atoms with Gasteiger partial charge in [-0.2, -0.15) is 11.3 Å². The van der Waals surface area contributed by atoms with E-state index in [-0.39, 0.29) is 11.9 Å². The highest BCUT2D eigenvalue weighted by atomic mass is 32.1. The number of aromatic nitrogens is 2. The monoisotopic (exact) mass is 354 g/mol. The Morgan fingerprint density at radius 2 is 2.08 bits per heavy atom. The van der Waals surface area contributed by atoms with Crippen molar-refractivity contribution in [3.63, 3.8) is 0 Å². The number of carbonyl (C=O) groups is 1. The predicted octanol–water partition coefficient (Wildman–Crippen LogP) is 3.41. The summed E-state index contributed by atoms with van der Waals surface area (Å²) in [4.78, 5) is 19.7. The fourth-order valence-electron chi connectivity index (χ4n) is 3.55. The van der Waals surface area contributed by atoms with Gasteiger partial charge in [0.1, 0.15) is 5.65 Å². The van der Waals surface area contributed by atoms with Crippen LogP contribution < -0.4 is 10.2 Å². The molecule has 1 fully saturated rings. The molecule has 0 bridgehead atoms. The second-order valence-electron chi connectivity index (χ2n) is 6.68. The van der Waals surface area contributed by atoms with Gasteiger partial charge < -0.3 is 14.6 Å². The lowest BCUT2D eigenvalue weighted by Gasteiger charge is -2.33. The zero-order chi connectivity index (χ0) is 17.4. The molecule has 0 spiro atoms. The molecule has 6 heteroatoms. The molecule has 0 radical (unpaired) electrons. The normalized spacial score (nSPS) is 15.7. The van der Waals surface area contributed by atoms with E-state index >= 15 is 0 Å². The van der Waals surface area contributed by atoms with Crippen LogP contribution in [0.15, 0.2) is 35.2 Å². The Morgan fingerprint density at radius 3 is 2.80 bits per heavy atom. The summed E-state index contributed by atoms with van der Waals surface area (Å²) in [7, 11) is 0. The maximum absolute atomic E-state index is 12.7. The van der Waals surface area contributed by atoms with Crippen molar-refractivity contribution in [3.05, 3.63) is 52.1 Å². The lowest BCUT2D eigenvalue weighted by molar-refractivity contribution is 0.0932. The van der Waals surface area contributed by atoms with Gasteiger partial charge in [0.05, 0.1) is 5.56 Å². The number of nitrogens with one attached hydrogen (secondary N) is 1. The fraction of sp³-hybridized carbons (Fsp3) is 0.368. The largest absolute Gasteiger partial charge is 0.371 e. The van der Waals surface area contributed by atoms with Crippen LogP contribution in [0.25, 0.3) is 5.65 Å². The maximum atomic E-state index is 12.7. The van der Waals surface area contributed by atoms with E-state index in [4.69, 9.17) is 0 Å². The van der Waals surface area contributed by atoms with Gasteiger partial charge in [-0.1, -0.05) is 0 Å². The number of piperidine rings is 1. The van der Waals surface area contributed by atoms with Crippen molar-refractivity contribution in [2.24, 2.45) is 0 Å². The predicted molar refractivity (Wildman–Crippen MR) is 102 cm³/mol. The van der Waals surface area contributed by atoms with Crippen LogP contribution in [-0.2, 0) is 0 Å². The summed E-state index contributed by atoms with van der Waals surface area (Å²) < 4.78 is 1.97. The van der Waals surface area contributed by atoms with Crippen LogP contribution in [-0.4, -0.2) is 34.4 Å². The minimum absolute atomic E-state index is 0.0195. The second-order valence-corrected chi connectivity index (χ2v) is 7.46. The molecule has 25 heavy (non-hydrogen) atoms. The van der Waals surface area contributed by atoms with Crippen molar-refractivity contribution in [2.45, 2.75) is 32.7 Å². The highest BCUT2D eigenvalue weighted by Gasteiger charge is 2.23. The molecule has 0 aromatic carbocycles. The average molecular weight is 354 g/mol. The summed E-state index contributed by atoms with van der Waals surface area (Å²) in [6.07, 6.45) is 3.86.